The molecule has 6 heteroatoms. The van der Waals surface area contributed by atoms with Crippen molar-refractivity contribution in [3.8, 4) is 11.4 Å². The van der Waals surface area contributed by atoms with Crippen LogP contribution in [-0.4, -0.2) is 15.2 Å². The van der Waals surface area contributed by atoms with E-state index in [0.717, 1.165) is 11.4 Å². The van der Waals surface area contributed by atoms with Crippen molar-refractivity contribution in [1.82, 2.24) is 15.2 Å². The standard InChI is InChI=1S/C6H4IN3S2/c7-4-1-3(2-12-4)5-8-6(11)10-9-5/h1-2H,(H2,8,9,10,11). The van der Waals surface area contributed by atoms with Gasteiger partial charge in [0.1, 0.15) is 0 Å². The number of aromatic nitrogens is 3. The minimum absolute atomic E-state index is 0.492. The second-order valence-electron chi connectivity index (χ2n) is 2.16. The van der Waals surface area contributed by atoms with Crippen LogP contribution in [0.4, 0.5) is 0 Å². The maximum atomic E-state index is 4.84. The predicted octanol–water partition coefficient (Wildman–Crippen LogP) is 2.80. The van der Waals surface area contributed by atoms with Crippen LogP contribution in [0.25, 0.3) is 11.4 Å². The van der Waals surface area contributed by atoms with Gasteiger partial charge in [-0.3, -0.25) is 10.2 Å². The number of thiophene rings is 1. The molecule has 3 nitrogen and oxygen atoms in total. The van der Waals surface area contributed by atoms with E-state index in [2.05, 4.69) is 43.8 Å². The largest absolute Gasteiger partial charge is 0.282 e. The van der Waals surface area contributed by atoms with E-state index in [9.17, 15) is 0 Å². The normalized spacial score (nSPS) is 10.4. The molecule has 0 aliphatic rings. The number of rotatable bonds is 1. The number of hydrogen-bond acceptors (Lipinski definition) is 3. The number of nitrogens with zero attached hydrogens (tertiary/aromatic N) is 1. The van der Waals surface area contributed by atoms with Crippen molar-refractivity contribution in [1.29, 1.82) is 0 Å². The van der Waals surface area contributed by atoms with E-state index >= 15 is 0 Å². The van der Waals surface area contributed by atoms with Crippen LogP contribution in [0.5, 0.6) is 0 Å². The Morgan fingerprint density at radius 1 is 1.50 bits per heavy atom. The highest BCUT2D eigenvalue weighted by atomic mass is 127. The highest BCUT2D eigenvalue weighted by molar-refractivity contribution is 14.1. The Labute approximate surface area is 91.4 Å². The fourth-order valence-corrected chi connectivity index (χ4v) is 2.31. The van der Waals surface area contributed by atoms with Crippen LogP contribution >= 0.6 is 46.1 Å². The molecule has 0 fully saturated rings. The fourth-order valence-electron chi connectivity index (χ4n) is 0.841. The van der Waals surface area contributed by atoms with Gasteiger partial charge in [-0.25, -0.2) is 0 Å². The molecule has 0 saturated carbocycles. The van der Waals surface area contributed by atoms with Crippen molar-refractivity contribution in [2.45, 2.75) is 0 Å². The van der Waals surface area contributed by atoms with Crippen LogP contribution in [-0.2, 0) is 0 Å². The Kier molecular flexibility index (Phi) is 2.28. The lowest BCUT2D eigenvalue weighted by atomic mass is 10.3. The summed E-state index contributed by atoms with van der Waals surface area (Å²) < 4.78 is 1.73. The fraction of sp³-hybridized carbons (Fsp3) is 0. The summed E-state index contributed by atoms with van der Waals surface area (Å²) in [6.45, 7) is 0. The summed E-state index contributed by atoms with van der Waals surface area (Å²) in [5.74, 6) is 0.805. The van der Waals surface area contributed by atoms with E-state index in [1.165, 1.54) is 2.88 Å². The van der Waals surface area contributed by atoms with E-state index in [1.54, 1.807) is 11.3 Å². The first-order chi connectivity index (χ1) is 5.75. The van der Waals surface area contributed by atoms with Gasteiger partial charge in [0, 0.05) is 10.9 Å². The number of hydrogen-bond donors (Lipinski definition) is 2. The maximum Gasteiger partial charge on any atom is 0.213 e. The molecule has 0 saturated heterocycles. The highest BCUT2D eigenvalue weighted by Crippen LogP contribution is 2.23. The first-order valence-corrected chi connectivity index (χ1v) is 5.51. The first kappa shape index (κ1) is 8.39. The Hall–Kier alpha value is -0.210. The highest BCUT2D eigenvalue weighted by Gasteiger charge is 2.02. The van der Waals surface area contributed by atoms with E-state index in [1.807, 2.05) is 5.38 Å². The molecule has 2 rings (SSSR count). The lowest BCUT2D eigenvalue weighted by molar-refractivity contribution is 1.08. The van der Waals surface area contributed by atoms with Gasteiger partial charge in [0.15, 0.2) is 5.82 Å². The molecule has 0 atom stereocenters. The van der Waals surface area contributed by atoms with Crippen LogP contribution in [0.2, 0.25) is 0 Å². The molecule has 2 aromatic rings. The minimum Gasteiger partial charge on any atom is -0.282 e. The third kappa shape index (κ3) is 1.59. The molecule has 0 aromatic carbocycles. The van der Waals surface area contributed by atoms with Crippen molar-refractivity contribution in [2.75, 3.05) is 0 Å². The molecule has 2 N–H and O–H groups in total. The van der Waals surface area contributed by atoms with Gasteiger partial charge in [-0.05, 0) is 40.9 Å². The lowest BCUT2D eigenvalue weighted by Gasteiger charge is -1.84. The van der Waals surface area contributed by atoms with Gasteiger partial charge in [0.25, 0.3) is 0 Å². The lowest BCUT2D eigenvalue weighted by Crippen LogP contribution is -1.74. The molecular weight excluding hydrogens is 305 g/mol. The summed E-state index contributed by atoms with van der Waals surface area (Å²) in [6, 6.07) is 2.06. The summed E-state index contributed by atoms with van der Waals surface area (Å²) in [5, 5.41) is 7.70. The number of aromatic amines is 2. The van der Waals surface area contributed by atoms with Crippen LogP contribution in [0, 0.1) is 7.65 Å². The molecule has 0 amide bonds. The van der Waals surface area contributed by atoms with E-state index < -0.39 is 0 Å². The van der Waals surface area contributed by atoms with Gasteiger partial charge in [0.2, 0.25) is 4.77 Å². The van der Waals surface area contributed by atoms with Gasteiger partial charge in [-0.15, -0.1) is 11.3 Å². The van der Waals surface area contributed by atoms with Crippen molar-refractivity contribution in [2.24, 2.45) is 0 Å². The molecule has 0 unspecified atom stereocenters. The average Bonchev–Trinajstić information content (AvgIpc) is 2.58. The number of nitrogens with one attached hydrogen (secondary N) is 2. The Balaban J connectivity index is 2.50. The smallest absolute Gasteiger partial charge is 0.213 e. The van der Waals surface area contributed by atoms with Gasteiger partial charge in [-0.2, -0.15) is 4.98 Å². The summed E-state index contributed by atoms with van der Waals surface area (Å²) in [6.07, 6.45) is 0. The molecule has 2 heterocycles. The topological polar surface area (TPSA) is 44.5 Å². The first-order valence-electron chi connectivity index (χ1n) is 3.15. The molecule has 0 spiro atoms. The van der Waals surface area contributed by atoms with Gasteiger partial charge < -0.3 is 0 Å². The molecule has 0 radical (unpaired) electrons. The van der Waals surface area contributed by atoms with Crippen molar-refractivity contribution >= 4 is 46.1 Å². The summed E-state index contributed by atoms with van der Waals surface area (Å²) >= 11 is 8.81. The van der Waals surface area contributed by atoms with Crippen molar-refractivity contribution < 1.29 is 0 Å². The zero-order valence-corrected chi connectivity index (χ0v) is 9.59. The second-order valence-corrected chi connectivity index (χ2v) is 5.35. The molecule has 12 heavy (non-hydrogen) atoms. The minimum atomic E-state index is 0.492. The third-order valence-electron chi connectivity index (χ3n) is 1.34. The van der Waals surface area contributed by atoms with Crippen LogP contribution in [0.1, 0.15) is 0 Å². The summed E-state index contributed by atoms with van der Waals surface area (Å²) in [5.41, 5.74) is 1.08. The van der Waals surface area contributed by atoms with Crippen LogP contribution < -0.4 is 0 Å². The predicted molar refractivity (Wildman–Crippen MR) is 59.8 cm³/mol. The molecule has 0 aliphatic carbocycles. The maximum absolute atomic E-state index is 4.84. The Morgan fingerprint density at radius 3 is 2.83 bits per heavy atom. The van der Waals surface area contributed by atoms with Crippen molar-refractivity contribution in [3.63, 3.8) is 0 Å². The van der Waals surface area contributed by atoms with Crippen LogP contribution in [0.15, 0.2) is 11.4 Å². The average molecular weight is 309 g/mol. The zero-order valence-electron chi connectivity index (χ0n) is 5.80. The zero-order chi connectivity index (χ0) is 8.55. The molecule has 62 valence electrons. The monoisotopic (exact) mass is 309 g/mol. The SMILES string of the molecule is S=c1nc(-c2csc(I)c2)[nH][nH]1. The van der Waals surface area contributed by atoms with Crippen LogP contribution in [0.3, 0.4) is 0 Å². The Morgan fingerprint density at radius 2 is 2.33 bits per heavy atom. The van der Waals surface area contributed by atoms with Crippen molar-refractivity contribution in [3.05, 3.63) is 19.1 Å². The Bertz CT molecular complexity index is 441. The summed E-state index contributed by atoms with van der Waals surface area (Å²) in [7, 11) is 0. The van der Waals surface area contributed by atoms with Gasteiger partial charge in [0.05, 0.1) is 2.88 Å². The molecule has 0 aliphatic heterocycles. The molecular formula is C6H4IN3S2. The van der Waals surface area contributed by atoms with E-state index in [4.69, 9.17) is 12.2 Å². The van der Waals surface area contributed by atoms with Gasteiger partial charge in [-0.1, -0.05) is 0 Å². The summed E-state index contributed by atoms with van der Waals surface area (Å²) in [4.78, 5) is 4.10. The number of H-pyrrole nitrogens is 2. The number of halogens is 1. The quantitative estimate of drug-likeness (QED) is 0.628. The second kappa shape index (κ2) is 3.27. The van der Waals surface area contributed by atoms with Gasteiger partial charge >= 0.3 is 0 Å². The molecule has 0 bridgehead atoms. The van der Waals surface area contributed by atoms with E-state index in [-0.39, 0.29) is 0 Å². The third-order valence-corrected chi connectivity index (χ3v) is 3.32. The molecule has 2 aromatic heterocycles. The van der Waals surface area contributed by atoms with E-state index in [0.29, 0.717) is 4.77 Å².